The van der Waals surface area contributed by atoms with Crippen LogP contribution in [0.3, 0.4) is 0 Å². The SMILES string of the molecule is COc1cc(/C=C2\SC(=O)N(Cc3ccccc3Br)C2=O)ccc1OCC(=O)Nc1cc(C)c(C)cc1Br. The molecule has 0 radical (unpaired) electrons. The molecule has 1 fully saturated rings. The summed E-state index contributed by atoms with van der Waals surface area (Å²) in [5, 5.41) is 2.51. The highest BCUT2D eigenvalue weighted by atomic mass is 79.9. The van der Waals surface area contributed by atoms with Crippen LogP contribution in [0.2, 0.25) is 0 Å². The van der Waals surface area contributed by atoms with Gasteiger partial charge < -0.3 is 14.8 Å². The number of halogens is 2. The molecule has 0 spiro atoms. The molecular formula is C28H24Br2N2O5S. The molecule has 4 rings (SSSR count). The van der Waals surface area contributed by atoms with Crippen LogP contribution in [-0.4, -0.2) is 35.7 Å². The quantitative estimate of drug-likeness (QED) is 0.260. The minimum Gasteiger partial charge on any atom is -0.493 e. The molecule has 1 aliphatic heterocycles. The highest BCUT2D eigenvalue weighted by Gasteiger charge is 2.35. The zero-order chi connectivity index (χ0) is 27.4. The van der Waals surface area contributed by atoms with Crippen LogP contribution in [0.1, 0.15) is 22.3 Å². The van der Waals surface area contributed by atoms with E-state index in [9.17, 15) is 14.4 Å². The molecule has 10 heteroatoms. The number of hydrogen-bond acceptors (Lipinski definition) is 6. The Morgan fingerprint density at radius 1 is 1.00 bits per heavy atom. The van der Waals surface area contributed by atoms with Gasteiger partial charge in [0.05, 0.1) is 24.2 Å². The average Bonchev–Trinajstić information content (AvgIpc) is 3.14. The van der Waals surface area contributed by atoms with Gasteiger partial charge in [-0.2, -0.15) is 0 Å². The summed E-state index contributed by atoms with van der Waals surface area (Å²) >= 11 is 7.82. The highest BCUT2D eigenvalue weighted by molar-refractivity contribution is 9.11. The predicted octanol–water partition coefficient (Wildman–Crippen LogP) is 7.09. The van der Waals surface area contributed by atoms with Crippen LogP contribution in [0, 0.1) is 13.8 Å². The summed E-state index contributed by atoms with van der Waals surface area (Å²) in [4.78, 5) is 39.5. The number of thioether (sulfide) groups is 1. The fraction of sp³-hybridized carbons (Fsp3) is 0.179. The van der Waals surface area contributed by atoms with Crippen molar-refractivity contribution in [3.05, 3.63) is 90.7 Å². The molecule has 0 unspecified atom stereocenters. The summed E-state index contributed by atoms with van der Waals surface area (Å²) in [7, 11) is 1.49. The number of imide groups is 1. The topological polar surface area (TPSA) is 84.9 Å². The van der Waals surface area contributed by atoms with Gasteiger partial charge in [-0.1, -0.05) is 40.2 Å². The number of nitrogens with zero attached hydrogens (tertiary/aromatic N) is 1. The fourth-order valence-electron chi connectivity index (χ4n) is 3.68. The first-order valence-electron chi connectivity index (χ1n) is 11.5. The van der Waals surface area contributed by atoms with Crippen molar-refractivity contribution in [2.75, 3.05) is 19.0 Å². The number of amides is 3. The molecule has 3 amide bonds. The molecule has 1 N–H and O–H groups in total. The average molecular weight is 660 g/mol. The number of carbonyl (C=O) groups is 3. The van der Waals surface area contributed by atoms with Crippen LogP contribution in [-0.2, 0) is 16.1 Å². The van der Waals surface area contributed by atoms with Gasteiger partial charge in [-0.25, -0.2) is 0 Å². The van der Waals surface area contributed by atoms with E-state index in [1.54, 1.807) is 24.3 Å². The van der Waals surface area contributed by atoms with Crippen LogP contribution in [0.5, 0.6) is 11.5 Å². The lowest BCUT2D eigenvalue weighted by Crippen LogP contribution is -2.27. The van der Waals surface area contributed by atoms with Crippen LogP contribution < -0.4 is 14.8 Å². The Kier molecular flexibility index (Phi) is 8.96. The standard InChI is InChI=1S/C28H24Br2N2O5S/c1-16-10-21(30)22(11-17(16)2)31-26(33)15-37-23-9-8-18(12-24(23)36-3)13-25-27(34)32(28(35)38-25)14-19-6-4-5-7-20(19)29/h4-13H,14-15H2,1-3H3,(H,31,33)/b25-13-. The number of benzene rings is 3. The van der Waals surface area contributed by atoms with E-state index in [0.29, 0.717) is 27.7 Å². The summed E-state index contributed by atoms with van der Waals surface area (Å²) in [5.41, 5.74) is 4.34. The van der Waals surface area contributed by atoms with Crippen molar-refractivity contribution in [1.29, 1.82) is 0 Å². The Balaban J connectivity index is 1.43. The first-order chi connectivity index (χ1) is 18.2. The molecule has 0 saturated carbocycles. The Morgan fingerprint density at radius 3 is 2.47 bits per heavy atom. The smallest absolute Gasteiger partial charge is 0.293 e. The Labute approximate surface area is 241 Å². The van der Waals surface area contributed by atoms with E-state index in [2.05, 4.69) is 37.2 Å². The number of nitrogens with one attached hydrogen (secondary N) is 1. The van der Waals surface area contributed by atoms with Crippen molar-refractivity contribution >= 4 is 72.4 Å². The molecule has 0 aliphatic carbocycles. The van der Waals surface area contributed by atoms with Gasteiger partial charge in [0, 0.05) is 8.95 Å². The maximum absolute atomic E-state index is 12.9. The van der Waals surface area contributed by atoms with E-state index in [1.807, 2.05) is 50.2 Å². The van der Waals surface area contributed by atoms with Crippen LogP contribution in [0.4, 0.5) is 10.5 Å². The molecule has 1 saturated heterocycles. The largest absolute Gasteiger partial charge is 0.493 e. The molecule has 1 aliphatic rings. The summed E-state index contributed by atoms with van der Waals surface area (Å²) < 4.78 is 12.8. The monoisotopic (exact) mass is 658 g/mol. The van der Waals surface area contributed by atoms with Crippen molar-refractivity contribution < 1.29 is 23.9 Å². The van der Waals surface area contributed by atoms with Gasteiger partial charge in [-0.05, 0) is 100 Å². The molecule has 7 nitrogen and oxygen atoms in total. The molecule has 3 aromatic carbocycles. The lowest BCUT2D eigenvalue weighted by Gasteiger charge is -2.14. The van der Waals surface area contributed by atoms with E-state index >= 15 is 0 Å². The minimum absolute atomic E-state index is 0.181. The summed E-state index contributed by atoms with van der Waals surface area (Å²) in [6.45, 7) is 3.94. The third kappa shape index (κ3) is 6.48. The predicted molar refractivity (Wildman–Crippen MR) is 156 cm³/mol. The van der Waals surface area contributed by atoms with Gasteiger partial charge in [-0.3, -0.25) is 19.3 Å². The van der Waals surface area contributed by atoms with Crippen molar-refractivity contribution in [1.82, 2.24) is 4.90 Å². The maximum Gasteiger partial charge on any atom is 0.293 e. The van der Waals surface area contributed by atoms with Crippen molar-refractivity contribution in [2.45, 2.75) is 20.4 Å². The Hall–Kier alpha value is -3.08. The van der Waals surface area contributed by atoms with E-state index < -0.39 is 0 Å². The first kappa shape index (κ1) is 27.9. The number of hydrogen-bond donors (Lipinski definition) is 1. The van der Waals surface area contributed by atoms with Gasteiger partial charge >= 0.3 is 0 Å². The van der Waals surface area contributed by atoms with Gasteiger partial charge in [-0.15, -0.1) is 0 Å². The molecule has 1 heterocycles. The number of aryl methyl sites for hydroxylation is 2. The van der Waals surface area contributed by atoms with Crippen molar-refractivity contribution in [3.63, 3.8) is 0 Å². The normalized spacial score (nSPS) is 14.2. The van der Waals surface area contributed by atoms with Crippen molar-refractivity contribution in [3.8, 4) is 11.5 Å². The molecule has 0 aromatic heterocycles. The van der Waals surface area contributed by atoms with E-state index in [1.165, 1.54) is 12.0 Å². The van der Waals surface area contributed by atoms with Crippen LogP contribution in [0.15, 0.2) is 68.4 Å². The van der Waals surface area contributed by atoms with Gasteiger partial charge in [0.2, 0.25) is 0 Å². The third-order valence-corrected chi connectivity index (χ3v) is 8.20. The second-order valence-electron chi connectivity index (χ2n) is 8.52. The Morgan fingerprint density at radius 2 is 1.74 bits per heavy atom. The van der Waals surface area contributed by atoms with Gasteiger partial charge in [0.1, 0.15) is 0 Å². The molecule has 0 bridgehead atoms. The summed E-state index contributed by atoms with van der Waals surface area (Å²) in [6, 6.07) is 16.4. The number of methoxy groups -OCH3 is 1. The zero-order valence-corrected chi connectivity index (χ0v) is 24.8. The van der Waals surface area contributed by atoms with Crippen LogP contribution >= 0.6 is 43.6 Å². The number of carbonyl (C=O) groups excluding carboxylic acids is 3. The van der Waals surface area contributed by atoms with Crippen molar-refractivity contribution in [2.24, 2.45) is 0 Å². The highest BCUT2D eigenvalue weighted by Crippen LogP contribution is 2.36. The second kappa shape index (κ2) is 12.2. The second-order valence-corrected chi connectivity index (χ2v) is 11.2. The zero-order valence-electron chi connectivity index (χ0n) is 20.8. The fourth-order valence-corrected chi connectivity index (χ4v) is 5.49. The lowest BCUT2D eigenvalue weighted by atomic mass is 10.1. The van der Waals surface area contributed by atoms with E-state index in [-0.39, 0.29) is 30.2 Å². The Bertz CT molecular complexity index is 1460. The molecular weight excluding hydrogens is 636 g/mol. The van der Waals surface area contributed by atoms with E-state index in [4.69, 9.17) is 9.47 Å². The first-order valence-corrected chi connectivity index (χ1v) is 13.9. The third-order valence-electron chi connectivity index (χ3n) is 5.86. The van der Waals surface area contributed by atoms with Crippen LogP contribution in [0.25, 0.3) is 6.08 Å². The van der Waals surface area contributed by atoms with E-state index in [0.717, 1.165) is 37.4 Å². The number of anilines is 1. The van der Waals surface area contributed by atoms with Gasteiger partial charge in [0.15, 0.2) is 18.1 Å². The lowest BCUT2D eigenvalue weighted by molar-refractivity contribution is -0.123. The minimum atomic E-state index is -0.357. The number of ether oxygens (including phenoxy) is 2. The summed E-state index contributed by atoms with van der Waals surface area (Å²) in [6.07, 6.45) is 1.64. The number of rotatable bonds is 8. The van der Waals surface area contributed by atoms with Gasteiger partial charge in [0.25, 0.3) is 17.1 Å². The molecule has 3 aromatic rings. The molecule has 0 atom stereocenters. The maximum atomic E-state index is 12.9. The molecule has 196 valence electrons. The summed E-state index contributed by atoms with van der Waals surface area (Å²) in [5.74, 6) is 0.0929. The molecule has 38 heavy (non-hydrogen) atoms.